The molecule has 0 atom stereocenters. The molecule has 26 heavy (non-hydrogen) atoms. The summed E-state index contributed by atoms with van der Waals surface area (Å²) in [6.45, 7) is 0. The van der Waals surface area contributed by atoms with E-state index in [9.17, 15) is 9.59 Å². The topological polar surface area (TPSA) is 187 Å². The first-order valence-corrected chi connectivity index (χ1v) is 7.35. The van der Waals surface area contributed by atoms with E-state index in [-0.39, 0.29) is 33.9 Å². The smallest absolute Gasteiger partial charge is 0.269 e. The monoisotopic (exact) mass is 356 g/mol. The summed E-state index contributed by atoms with van der Waals surface area (Å²) >= 11 is 0. The van der Waals surface area contributed by atoms with Gasteiger partial charge in [-0.3, -0.25) is 25.4 Å². The van der Waals surface area contributed by atoms with Gasteiger partial charge in [0.05, 0.1) is 18.1 Å². The third-order valence-electron chi connectivity index (χ3n) is 3.76. The van der Waals surface area contributed by atoms with Crippen molar-refractivity contribution in [1.82, 2.24) is 20.4 Å². The van der Waals surface area contributed by atoms with Gasteiger partial charge in [-0.05, 0) is 17.7 Å². The maximum absolute atomic E-state index is 12.6. The second kappa shape index (κ2) is 6.66. The van der Waals surface area contributed by atoms with Crippen molar-refractivity contribution in [2.45, 2.75) is 0 Å². The van der Waals surface area contributed by atoms with Gasteiger partial charge in [0, 0.05) is 5.56 Å². The lowest BCUT2D eigenvalue weighted by molar-refractivity contribution is 0.0955. The molecule has 9 N–H and O–H groups in total. The quantitative estimate of drug-likeness (QED) is 0.203. The lowest BCUT2D eigenvalue weighted by atomic mass is 9.97. The minimum absolute atomic E-state index is 0.00565. The SMILES string of the molecule is COc1ccc(-c2c(C(=O)NN)c(N)nc3nc(NN)[nH]c(=O)c23)cc1. The highest BCUT2D eigenvalue weighted by atomic mass is 16.5. The van der Waals surface area contributed by atoms with E-state index in [1.165, 1.54) is 7.11 Å². The number of nitrogens with one attached hydrogen (secondary N) is 3. The van der Waals surface area contributed by atoms with Crippen molar-refractivity contribution >= 4 is 28.7 Å². The molecule has 0 fully saturated rings. The van der Waals surface area contributed by atoms with Gasteiger partial charge in [0.2, 0.25) is 5.95 Å². The number of anilines is 2. The van der Waals surface area contributed by atoms with Gasteiger partial charge in [0.25, 0.3) is 11.5 Å². The Balaban J connectivity index is 2.45. The minimum atomic E-state index is -0.692. The number of nitrogens with two attached hydrogens (primary N) is 3. The molecular weight excluding hydrogens is 340 g/mol. The highest BCUT2D eigenvalue weighted by Gasteiger charge is 2.23. The van der Waals surface area contributed by atoms with Gasteiger partial charge < -0.3 is 10.5 Å². The molecule has 11 nitrogen and oxygen atoms in total. The van der Waals surface area contributed by atoms with E-state index in [0.29, 0.717) is 11.3 Å². The summed E-state index contributed by atoms with van der Waals surface area (Å²) in [5.74, 6) is 10.3. The largest absolute Gasteiger partial charge is 0.497 e. The van der Waals surface area contributed by atoms with Gasteiger partial charge >= 0.3 is 0 Å². The van der Waals surface area contributed by atoms with Crippen LogP contribution in [0.1, 0.15) is 10.4 Å². The molecule has 0 bridgehead atoms. The molecule has 0 saturated heterocycles. The van der Waals surface area contributed by atoms with Gasteiger partial charge in [-0.2, -0.15) is 4.98 Å². The summed E-state index contributed by atoms with van der Waals surface area (Å²) in [6, 6.07) is 6.71. The Morgan fingerprint density at radius 2 is 1.88 bits per heavy atom. The summed E-state index contributed by atoms with van der Waals surface area (Å²) in [5.41, 5.74) is 10.4. The second-order valence-corrected chi connectivity index (χ2v) is 5.21. The average molecular weight is 356 g/mol. The van der Waals surface area contributed by atoms with E-state index in [0.717, 1.165) is 0 Å². The lowest BCUT2D eigenvalue weighted by Gasteiger charge is -2.14. The second-order valence-electron chi connectivity index (χ2n) is 5.21. The first kappa shape index (κ1) is 17.1. The van der Waals surface area contributed by atoms with Crippen molar-refractivity contribution < 1.29 is 9.53 Å². The molecule has 3 rings (SSSR count). The third kappa shape index (κ3) is 2.76. The molecule has 0 aliphatic rings. The number of methoxy groups -OCH3 is 1. The normalized spacial score (nSPS) is 10.6. The Kier molecular flexibility index (Phi) is 4.39. The van der Waals surface area contributed by atoms with Gasteiger partial charge in [0.15, 0.2) is 5.65 Å². The Hall–Kier alpha value is -3.70. The van der Waals surface area contributed by atoms with Crippen LogP contribution in [0.15, 0.2) is 29.1 Å². The number of benzene rings is 1. The van der Waals surface area contributed by atoms with Crippen LogP contribution < -0.4 is 38.6 Å². The first-order chi connectivity index (χ1) is 12.5. The van der Waals surface area contributed by atoms with Crippen molar-refractivity contribution in [2.75, 3.05) is 18.3 Å². The number of amides is 1. The van der Waals surface area contributed by atoms with E-state index in [1.807, 2.05) is 5.43 Å². The summed E-state index contributed by atoms with van der Waals surface area (Å²) in [7, 11) is 1.53. The van der Waals surface area contributed by atoms with Crippen LogP contribution in [0.4, 0.5) is 11.8 Å². The number of fused-ring (bicyclic) bond motifs is 1. The maximum Gasteiger partial charge on any atom is 0.269 e. The van der Waals surface area contributed by atoms with Crippen molar-refractivity contribution in [1.29, 1.82) is 0 Å². The highest BCUT2D eigenvalue weighted by Crippen LogP contribution is 2.33. The Bertz CT molecular complexity index is 1050. The molecule has 0 radical (unpaired) electrons. The number of carbonyl (C=O) groups is 1. The number of hydrazine groups is 2. The van der Waals surface area contributed by atoms with Gasteiger partial charge in [0.1, 0.15) is 11.6 Å². The first-order valence-electron chi connectivity index (χ1n) is 7.35. The molecule has 134 valence electrons. The Morgan fingerprint density at radius 3 is 2.46 bits per heavy atom. The van der Waals surface area contributed by atoms with E-state index in [2.05, 4.69) is 20.4 Å². The van der Waals surface area contributed by atoms with Crippen LogP contribution in [0.2, 0.25) is 0 Å². The fourth-order valence-corrected chi connectivity index (χ4v) is 2.61. The van der Waals surface area contributed by atoms with Gasteiger partial charge in [-0.1, -0.05) is 12.1 Å². The number of aromatic nitrogens is 3. The van der Waals surface area contributed by atoms with E-state index < -0.39 is 11.5 Å². The number of hydrogen-bond donors (Lipinski definition) is 6. The number of nitrogen functional groups attached to an aromatic ring is 3. The lowest BCUT2D eigenvalue weighted by Crippen LogP contribution is -2.32. The molecule has 1 amide bonds. The summed E-state index contributed by atoms with van der Waals surface area (Å²) in [4.78, 5) is 35.5. The molecule has 0 saturated carbocycles. The Labute approximate surface area is 146 Å². The molecule has 3 aromatic rings. The molecule has 1 aromatic carbocycles. The fourth-order valence-electron chi connectivity index (χ4n) is 2.61. The number of rotatable bonds is 4. The van der Waals surface area contributed by atoms with Crippen LogP contribution in [0.3, 0.4) is 0 Å². The Morgan fingerprint density at radius 1 is 1.19 bits per heavy atom. The van der Waals surface area contributed by atoms with Crippen molar-refractivity contribution in [3.05, 3.63) is 40.2 Å². The van der Waals surface area contributed by atoms with Crippen LogP contribution in [0, 0.1) is 0 Å². The zero-order valence-corrected chi connectivity index (χ0v) is 13.7. The molecule has 2 aromatic heterocycles. The minimum Gasteiger partial charge on any atom is -0.497 e. The van der Waals surface area contributed by atoms with Crippen LogP contribution in [-0.2, 0) is 0 Å². The van der Waals surface area contributed by atoms with Crippen LogP contribution in [0.25, 0.3) is 22.2 Å². The molecular formula is C15H16N8O3. The summed E-state index contributed by atoms with van der Waals surface area (Å²) in [6.07, 6.45) is 0. The molecule has 11 heteroatoms. The predicted molar refractivity (Wildman–Crippen MR) is 96.0 cm³/mol. The van der Waals surface area contributed by atoms with E-state index >= 15 is 0 Å². The number of carbonyl (C=O) groups excluding carboxylic acids is 1. The van der Waals surface area contributed by atoms with E-state index in [1.54, 1.807) is 24.3 Å². The summed E-state index contributed by atoms with van der Waals surface area (Å²) in [5, 5.41) is 0.0713. The number of hydrogen-bond acceptors (Lipinski definition) is 9. The number of nitrogens with zero attached hydrogens (tertiary/aromatic N) is 2. The average Bonchev–Trinajstić information content (AvgIpc) is 2.66. The number of pyridine rings is 1. The predicted octanol–water partition coefficient (Wildman–Crippen LogP) is -0.535. The number of aromatic amines is 1. The molecule has 0 spiro atoms. The van der Waals surface area contributed by atoms with Crippen LogP contribution in [0.5, 0.6) is 5.75 Å². The van der Waals surface area contributed by atoms with Crippen LogP contribution in [-0.4, -0.2) is 28.0 Å². The number of H-pyrrole nitrogens is 1. The van der Waals surface area contributed by atoms with Crippen molar-refractivity contribution in [2.24, 2.45) is 11.7 Å². The zero-order chi connectivity index (χ0) is 18.8. The molecule has 0 unspecified atom stereocenters. The van der Waals surface area contributed by atoms with Crippen molar-refractivity contribution in [3.63, 3.8) is 0 Å². The van der Waals surface area contributed by atoms with Gasteiger partial charge in [-0.25, -0.2) is 16.7 Å². The van der Waals surface area contributed by atoms with Gasteiger partial charge in [-0.15, -0.1) is 0 Å². The molecule has 2 heterocycles. The number of ether oxygens (including phenoxy) is 1. The van der Waals surface area contributed by atoms with Crippen molar-refractivity contribution in [3.8, 4) is 16.9 Å². The van der Waals surface area contributed by atoms with E-state index in [4.69, 9.17) is 22.2 Å². The standard InChI is InChI=1S/C15H16N8O3/c1-26-7-4-2-6(3-5-7)8-9(14(25)22-17)11(16)19-12-10(8)13(24)21-15(20-12)23-18/h2-5H,17-18H2,1H3,(H,22,25)(H4,16,19,20,21,23,24). The van der Waals surface area contributed by atoms with Crippen LogP contribution >= 0.6 is 0 Å². The zero-order valence-electron chi connectivity index (χ0n) is 13.7. The third-order valence-corrected chi connectivity index (χ3v) is 3.76. The fraction of sp³-hybridized carbons (Fsp3) is 0.0667. The maximum atomic E-state index is 12.6. The molecule has 0 aliphatic carbocycles. The highest BCUT2D eigenvalue weighted by molar-refractivity contribution is 6.11. The molecule has 0 aliphatic heterocycles. The summed E-state index contributed by atoms with van der Waals surface area (Å²) < 4.78 is 5.13.